The van der Waals surface area contributed by atoms with E-state index in [1.165, 1.54) is 12.8 Å². The Kier molecular flexibility index (Phi) is 4.59. The van der Waals surface area contributed by atoms with Crippen LogP contribution in [-0.4, -0.2) is 21.6 Å². The van der Waals surface area contributed by atoms with Crippen LogP contribution in [0.25, 0.3) is 0 Å². The highest BCUT2D eigenvalue weighted by Crippen LogP contribution is 2.35. The molecule has 2 N–H and O–H groups in total. The highest BCUT2D eigenvalue weighted by molar-refractivity contribution is 7.89. The molecule has 0 atom stereocenters. The first-order valence-electron chi connectivity index (χ1n) is 8.72. The van der Waals surface area contributed by atoms with E-state index in [2.05, 4.69) is 4.90 Å². The third-order valence-corrected chi connectivity index (χ3v) is 6.08. The summed E-state index contributed by atoms with van der Waals surface area (Å²) in [4.78, 5) is 2.29. The number of halogens is 1. The molecule has 0 saturated heterocycles. The molecular weight excluding hydrogens is 372 g/mol. The van der Waals surface area contributed by atoms with Crippen molar-refractivity contribution in [3.05, 3.63) is 52.5 Å². The molecule has 2 aromatic carbocycles. The summed E-state index contributed by atoms with van der Waals surface area (Å²) < 4.78 is 29.3. The van der Waals surface area contributed by atoms with Crippen LogP contribution in [0, 0.1) is 5.92 Å². The largest absolute Gasteiger partial charge is 0.493 e. The lowest BCUT2D eigenvalue weighted by molar-refractivity contribution is 0.296. The molecule has 26 heavy (non-hydrogen) atoms. The van der Waals surface area contributed by atoms with Gasteiger partial charge in [0.1, 0.15) is 5.75 Å². The molecule has 0 spiro atoms. The van der Waals surface area contributed by atoms with Crippen LogP contribution < -0.4 is 14.8 Å². The second-order valence-electron chi connectivity index (χ2n) is 7.01. The monoisotopic (exact) mass is 392 g/mol. The Balaban J connectivity index is 1.60. The predicted molar refractivity (Wildman–Crippen MR) is 102 cm³/mol. The zero-order valence-electron chi connectivity index (χ0n) is 14.3. The number of sulfonamides is 1. The summed E-state index contributed by atoms with van der Waals surface area (Å²) in [5.41, 5.74) is 3.04. The number of hydrogen-bond donors (Lipinski definition) is 1. The molecule has 0 amide bonds. The Bertz CT molecular complexity index is 942. The number of rotatable bonds is 6. The number of primary sulfonamides is 1. The van der Waals surface area contributed by atoms with Crippen LogP contribution >= 0.6 is 11.6 Å². The van der Waals surface area contributed by atoms with Gasteiger partial charge in [-0.2, -0.15) is 0 Å². The van der Waals surface area contributed by atoms with Crippen LogP contribution in [-0.2, 0) is 23.0 Å². The van der Waals surface area contributed by atoms with E-state index >= 15 is 0 Å². The van der Waals surface area contributed by atoms with Gasteiger partial charge in [0.05, 0.1) is 11.5 Å². The fourth-order valence-corrected chi connectivity index (χ4v) is 4.00. The van der Waals surface area contributed by atoms with Gasteiger partial charge in [-0.3, -0.25) is 0 Å². The molecule has 1 heterocycles. The molecule has 1 fully saturated rings. The molecule has 0 aromatic heterocycles. The van der Waals surface area contributed by atoms with Gasteiger partial charge < -0.3 is 9.64 Å². The number of anilines is 1. The van der Waals surface area contributed by atoms with Gasteiger partial charge in [0.2, 0.25) is 10.0 Å². The first-order chi connectivity index (χ1) is 12.4. The summed E-state index contributed by atoms with van der Waals surface area (Å²) in [6.45, 7) is 2.17. The van der Waals surface area contributed by atoms with Crippen molar-refractivity contribution >= 4 is 27.3 Å². The van der Waals surface area contributed by atoms with Crippen LogP contribution in [0.1, 0.15) is 24.0 Å². The molecule has 0 radical (unpaired) electrons. The highest BCUT2D eigenvalue weighted by Gasteiger charge is 2.24. The Morgan fingerprint density at radius 1 is 1.19 bits per heavy atom. The Labute approximate surface area is 158 Å². The van der Waals surface area contributed by atoms with E-state index in [0.717, 1.165) is 42.1 Å². The fraction of sp³-hybridized carbons (Fsp3) is 0.368. The average molecular weight is 393 g/mol. The zero-order valence-corrected chi connectivity index (χ0v) is 15.9. The maximum Gasteiger partial charge on any atom is 0.238 e. The Morgan fingerprint density at radius 2 is 2.00 bits per heavy atom. The minimum absolute atomic E-state index is 0.138. The number of benzene rings is 2. The Hall–Kier alpha value is -1.76. The number of fused-ring (bicyclic) bond motifs is 1. The molecule has 7 heteroatoms. The fourth-order valence-electron chi connectivity index (χ4n) is 3.28. The third kappa shape index (κ3) is 3.82. The molecule has 5 nitrogen and oxygen atoms in total. The van der Waals surface area contributed by atoms with Gasteiger partial charge >= 0.3 is 0 Å². The summed E-state index contributed by atoms with van der Waals surface area (Å²) in [7, 11) is -3.72. The van der Waals surface area contributed by atoms with Gasteiger partial charge in [-0.25, -0.2) is 13.6 Å². The lowest BCUT2D eigenvalue weighted by Gasteiger charge is -2.22. The predicted octanol–water partition coefficient (Wildman–Crippen LogP) is 3.34. The summed E-state index contributed by atoms with van der Waals surface area (Å²) in [6, 6.07) is 10.7. The van der Waals surface area contributed by atoms with Crippen LogP contribution in [0.4, 0.5) is 5.69 Å². The highest BCUT2D eigenvalue weighted by atomic mass is 35.5. The minimum Gasteiger partial charge on any atom is -0.493 e. The summed E-state index contributed by atoms with van der Waals surface area (Å²) in [5.74, 6) is 1.51. The second-order valence-corrected chi connectivity index (χ2v) is 9.01. The van der Waals surface area contributed by atoms with Crippen molar-refractivity contribution < 1.29 is 13.2 Å². The van der Waals surface area contributed by atoms with Crippen molar-refractivity contribution in [3.63, 3.8) is 0 Å². The molecule has 1 saturated carbocycles. The van der Waals surface area contributed by atoms with Crippen LogP contribution in [0.3, 0.4) is 0 Å². The first kappa shape index (κ1) is 17.6. The van der Waals surface area contributed by atoms with E-state index in [1.807, 2.05) is 24.3 Å². The van der Waals surface area contributed by atoms with Gasteiger partial charge in [-0.05, 0) is 61.1 Å². The summed E-state index contributed by atoms with van der Waals surface area (Å²) >= 11 is 6.19. The van der Waals surface area contributed by atoms with Crippen LogP contribution in [0.2, 0.25) is 5.02 Å². The molecule has 1 aliphatic heterocycles. The molecule has 4 rings (SSSR count). The first-order valence-corrected chi connectivity index (χ1v) is 10.6. The lowest BCUT2D eigenvalue weighted by Crippen LogP contribution is -2.21. The van der Waals surface area contributed by atoms with Gasteiger partial charge in [0.15, 0.2) is 0 Å². The van der Waals surface area contributed by atoms with E-state index in [9.17, 15) is 8.42 Å². The molecular formula is C19H21ClN2O3S. The van der Waals surface area contributed by atoms with Crippen molar-refractivity contribution in [3.8, 4) is 5.75 Å². The quantitative estimate of drug-likeness (QED) is 0.818. The molecule has 138 valence electrons. The number of nitrogens with two attached hydrogens (primary N) is 1. The number of nitrogens with zero attached hydrogens (tertiary/aromatic N) is 1. The molecule has 2 aliphatic rings. The Morgan fingerprint density at radius 3 is 2.73 bits per heavy atom. The number of hydrogen-bond acceptors (Lipinski definition) is 4. The second kappa shape index (κ2) is 6.76. The maximum atomic E-state index is 11.7. The standard InChI is InChI=1S/C19H21ClN2O3S/c20-16-4-6-19(25-12-13-1-2-13)15(9-16)11-22-8-7-14-3-5-17(10-18(14)22)26(21,23)24/h3-6,9-10,13H,1-2,7-8,11-12H2,(H2,21,23,24). The van der Waals surface area contributed by atoms with E-state index in [-0.39, 0.29) is 4.90 Å². The van der Waals surface area contributed by atoms with E-state index < -0.39 is 10.0 Å². The molecule has 0 bridgehead atoms. The van der Waals surface area contributed by atoms with Gasteiger partial charge in [0.25, 0.3) is 0 Å². The van der Waals surface area contributed by atoms with Crippen molar-refractivity contribution in [1.29, 1.82) is 0 Å². The SMILES string of the molecule is NS(=O)(=O)c1ccc2c(c1)N(Cc1cc(Cl)ccc1OCC1CC1)CC2. The van der Waals surface area contributed by atoms with Crippen LogP contribution in [0.15, 0.2) is 41.3 Å². The average Bonchev–Trinajstić information content (AvgIpc) is 3.34. The van der Waals surface area contributed by atoms with Crippen molar-refractivity contribution in [2.24, 2.45) is 11.1 Å². The van der Waals surface area contributed by atoms with Crippen molar-refractivity contribution in [2.45, 2.75) is 30.7 Å². The summed E-state index contributed by atoms with van der Waals surface area (Å²) in [6.07, 6.45) is 3.34. The zero-order chi connectivity index (χ0) is 18.3. The molecule has 1 aliphatic carbocycles. The van der Waals surface area contributed by atoms with Gasteiger partial charge in [0, 0.05) is 29.4 Å². The number of ether oxygens (including phenoxy) is 1. The van der Waals surface area contributed by atoms with Gasteiger partial charge in [-0.15, -0.1) is 0 Å². The maximum absolute atomic E-state index is 11.7. The smallest absolute Gasteiger partial charge is 0.238 e. The minimum atomic E-state index is -3.72. The van der Waals surface area contributed by atoms with Crippen molar-refractivity contribution in [2.75, 3.05) is 18.1 Å². The third-order valence-electron chi connectivity index (χ3n) is 4.93. The van der Waals surface area contributed by atoms with E-state index in [4.69, 9.17) is 21.5 Å². The normalized spacial score (nSPS) is 16.6. The topological polar surface area (TPSA) is 72.6 Å². The van der Waals surface area contributed by atoms with Crippen molar-refractivity contribution in [1.82, 2.24) is 0 Å². The van der Waals surface area contributed by atoms with Gasteiger partial charge in [-0.1, -0.05) is 17.7 Å². The lowest BCUT2D eigenvalue weighted by atomic mass is 10.1. The molecule has 2 aromatic rings. The summed E-state index contributed by atoms with van der Waals surface area (Å²) in [5, 5.41) is 5.95. The van der Waals surface area contributed by atoms with E-state index in [0.29, 0.717) is 17.5 Å². The molecule has 0 unspecified atom stereocenters. The van der Waals surface area contributed by atoms with Crippen LogP contribution in [0.5, 0.6) is 5.75 Å². The van der Waals surface area contributed by atoms with E-state index in [1.54, 1.807) is 12.1 Å².